The van der Waals surface area contributed by atoms with E-state index in [0.29, 0.717) is 12.6 Å². The average molecular weight is 250 g/mol. The lowest BCUT2D eigenvalue weighted by Crippen LogP contribution is -2.45. The fraction of sp³-hybridized carbons (Fsp3) is 0.933. The molecule has 0 aromatic carbocycles. The second kappa shape index (κ2) is 5.20. The Labute approximate surface area is 110 Å². The monoisotopic (exact) mass is 250 g/mol. The van der Waals surface area contributed by atoms with Gasteiger partial charge in [0, 0.05) is 6.04 Å². The van der Waals surface area contributed by atoms with Gasteiger partial charge in [-0.05, 0) is 62.9 Å². The maximum atomic E-state index is 12.1. The number of rotatable bonds is 3. The number of carbonyl (C=O) groups is 1. The third-order valence-electron chi connectivity index (χ3n) is 5.33. The van der Waals surface area contributed by atoms with Gasteiger partial charge in [0.1, 0.15) is 0 Å². The molecule has 3 aliphatic rings. The minimum Gasteiger partial charge on any atom is -0.352 e. The molecule has 3 fully saturated rings. The van der Waals surface area contributed by atoms with E-state index < -0.39 is 0 Å². The van der Waals surface area contributed by atoms with Gasteiger partial charge >= 0.3 is 0 Å². The minimum absolute atomic E-state index is 0.266. The first kappa shape index (κ1) is 12.5. The number of fused-ring (bicyclic) bond motifs is 2. The van der Waals surface area contributed by atoms with Crippen LogP contribution in [0.1, 0.15) is 45.4 Å². The summed E-state index contributed by atoms with van der Waals surface area (Å²) in [5.41, 5.74) is 0. The van der Waals surface area contributed by atoms with Crippen LogP contribution in [0.5, 0.6) is 0 Å². The van der Waals surface area contributed by atoms with Gasteiger partial charge in [-0.15, -0.1) is 0 Å². The molecule has 0 aromatic heterocycles. The quantitative estimate of drug-likeness (QED) is 0.831. The summed E-state index contributed by atoms with van der Waals surface area (Å²) in [6.45, 7) is 5.14. The second-order valence-electron chi connectivity index (χ2n) is 6.81. The van der Waals surface area contributed by atoms with Gasteiger partial charge in [-0.25, -0.2) is 0 Å². The summed E-state index contributed by atoms with van der Waals surface area (Å²) in [4.78, 5) is 14.4. The largest absolute Gasteiger partial charge is 0.352 e. The zero-order valence-corrected chi connectivity index (χ0v) is 11.5. The third kappa shape index (κ3) is 2.71. The molecule has 1 heterocycles. The van der Waals surface area contributed by atoms with Gasteiger partial charge in [0.25, 0.3) is 0 Å². The molecule has 3 heteroatoms. The highest BCUT2D eigenvalue weighted by Crippen LogP contribution is 2.44. The lowest BCUT2D eigenvalue weighted by Gasteiger charge is -2.30. The van der Waals surface area contributed by atoms with Crippen molar-refractivity contribution in [1.82, 2.24) is 10.2 Å². The maximum absolute atomic E-state index is 12.1. The molecule has 3 atom stereocenters. The van der Waals surface area contributed by atoms with E-state index in [1.807, 2.05) is 0 Å². The van der Waals surface area contributed by atoms with Crippen LogP contribution < -0.4 is 5.32 Å². The Bertz CT molecular complexity index is 310. The number of nitrogens with zero attached hydrogens (tertiary/aromatic N) is 1. The molecule has 2 aliphatic carbocycles. The zero-order chi connectivity index (χ0) is 12.5. The molecule has 1 N–H and O–H groups in total. The van der Waals surface area contributed by atoms with E-state index in [1.165, 1.54) is 38.5 Å². The molecule has 2 saturated carbocycles. The van der Waals surface area contributed by atoms with Crippen molar-refractivity contribution in [3.05, 3.63) is 0 Å². The molecular formula is C15H26N2O. The highest BCUT2D eigenvalue weighted by molar-refractivity contribution is 5.78. The smallest absolute Gasteiger partial charge is 0.234 e. The summed E-state index contributed by atoms with van der Waals surface area (Å²) in [5.74, 6) is 2.81. The van der Waals surface area contributed by atoms with Crippen LogP contribution >= 0.6 is 0 Å². The SMILES string of the molecule is CC1CCN(CC(=O)N[C@@H]2C[C@H]3CC[C@H]2C3)CC1. The van der Waals surface area contributed by atoms with Crippen molar-refractivity contribution in [2.24, 2.45) is 17.8 Å². The van der Waals surface area contributed by atoms with Crippen LogP contribution in [0, 0.1) is 17.8 Å². The van der Waals surface area contributed by atoms with Gasteiger partial charge in [0.2, 0.25) is 5.91 Å². The van der Waals surface area contributed by atoms with Gasteiger partial charge in [0.05, 0.1) is 6.54 Å². The number of likely N-dealkylation sites (tertiary alicyclic amines) is 1. The highest BCUT2D eigenvalue weighted by atomic mass is 16.2. The average Bonchev–Trinajstić information content (AvgIpc) is 2.94. The van der Waals surface area contributed by atoms with Crippen LogP contribution in [0.3, 0.4) is 0 Å². The first-order valence-corrected chi connectivity index (χ1v) is 7.72. The highest BCUT2D eigenvalue weighted by Gasteiger charge is 2.40. The molecule has 0 aromatic rings. The number of hydrogen-bond donors (Lipinski definition) is 1. The van der Waals surface area contributed by atoms with E-state index in [2.05, 4.69) is 17.1 Å². The Balaban J connectivity index is 1.42. The second-order valence-corrected chi connectivity index (χ2v) is 6.81. The lowest BCUT2D eigenvalue weighted by molar-refractivity contribution is -0.123. The molecule has 18 heavy (non-hydrogen) atoms. The molecule has 1 aliphatic heterocycles. The van der Waals surface area contributed by atoms with Crippen LogP contribution in [-0.4, -0.2) is 36.5 Å². The fourth-order valence-electron chi connectivity index (χ4n) is 4.10. The Hall–Kier alpha value is -0.570. The van der Waals surface area contributed by atoms with E-state index in [-0.39, 0.29) is 5.91 Å². The molecular weight excluding hydrogens is 224 g/mol. The normalized spacial score (nSPS) is 37.1. The summed E-state index contributed by atoms with van der Waals surface area (Å²) < 4.78 is 0. The Morgan fingerprint density at radius 1 is 1.17 bits per heavy atom. The zero-order valence-electron chi connectivity index (χ0n) is 11.5. The van der Waals surface area contributed by atoms with Crippen molar-refractivity contribution < 1.29 is 4.79 Å². The first-order valence-electron chi connectivity index (χ1n) is 7.72. The Morgan fingerprint density at radius 2 is 1.94 bits per heavy atom. The Kier molecular flexibility index (Phi) is 3.60. The molecule has 3 rings (SSSR count). The molecule has 3 nitrogen and oxygen atoms in total. The molecule has 2 bridgehead atoms. The molecule has 102 valence electrons. The number of hydrogen-bond acceptors (Lipinski definition) is 2. The summed E-state index contributed by atoms with van der Waals surface area (Å²) in [6.07, 6.45) is 7.86. The van der Waals surface area contributed by atoms with E-state index >= 15 is 0 Å². The molecule has 0 unspecified atom stereocenters. The van der Waals surface area contributed by atoms with Crippen LogP contribution in [0.15, 0.2) is 0 Å². The summed E-state index contributed by atoms with van der Waals surface area (Å²) in [5, 5.41) is 3.29. The van der Waals surface area contributed by atoms with Crippen molar-refractivity contribution in [3.63, 3.8) is 0 Å². The van der Waals surface area contributed by atoms with Crippen LogP contribution in [-0.2, 0) is 4.79 Å². The van der Waals surface area contributed by atoms with Crippen molar-refractivity contribution >= 4 is 5.91 Å². The van der Waals surface area contributed by atoms with Gasteiger partial charge in [-0.3, -0.25) is 9.69 Å². The standard InChI is InChI=1S/C15H26N2O/c1-11-4-6-17(7-5-11)10-15(18)16-14-9-12-2-3-13(14)8-12/h11-14H,2-10H2,1H3,(H,16,18)/t12-,13-,14+/m0/s1. The van der Waals surface area contributed by atoms with Gasteiger partial charge in [-0.2, -0.15) is 0 Å². The minimum atomic E-state index is 0.266. The third-order valence-corrected chi connectivity index (χ3v) is 5.33. The van der Waals surface area contributed by atoms with Gasteiger partial charge in [-0.1, -0.05) is 13.3 Å². The first-order chi connectivity index (χ1) is 8.70. The topological polar surface area (TPSA) is 32.3 Å². The fourth-order valence-corrected chi connectivity index (χ4v) is 4.10. The van der Waals surface area contributed by atoms with E-state index in [1.54, 1.807) is 0 Å². The molecule has 0 radical (unpaired) electrons. The predicted octanol–water partition coefficient (Wildman–Crippen LogP) is 2.02. The summed E-state index contributed by atoms with van der Waals surface area (Å²) in [7, 11) is 0. The van der Waals surface area contributed by atoms with Gasteiger partial charge < -0.3 is 5.32 Å². The van der Waals surface area contributed by atoms with E-state index in [0.717, 1.165) is 30.8 Å². The molecule has 1 saturated heterocycles. The maximum Gasteiger partial charge on any atom is 0.234 e. The van der Waals surface area contributed by atoms with E-state index in [9.17, 15) is 4.79 Å². The number of amides is 1. The summed E-state index contributed by atoms with van der Waals surface area (Å²) in [6, 6.07) is 0.500. The van der Waals surface area contributed by atoms with Crippen LogP contribution in [0.25, 0.3) is 0 Å². The van der Waals surface area contributed by atoms with Crippen molar-refractivity contribution in [2.75, 3.05) is 19.6 Å². The van der Waals surface area contributed by atoms with Crippen molar-refractivity contribution in [1.29, 1.82) is 0 Å². The molecule has 0 spiro atoms. The number of nitrogens with one attached hydrogen (secondary N) is 1. The Morgan fingerprint density at radius 3 is 2.56 bits per heavy atom. The molecule has 1 amide bonds. The van der Waals surface area contributed by atoms with Crippen LogP contribution in [0.2, 0.25) is 0 Å². The van der Waals surface area contributed by atoms with E-state index in [4.69, 9.17) is 0 Å². The lowest BCUT2D eigenvalue weighted by atomic mass is 9.95. The number of carbonyl (C=O) groups excluding carboxylic acids is 1. The summed E-state index contributed by atoms with van der Waals surface area (Å²) >= 11 is 0. The van der Waals surface area contributed by atoms with Crippen LogP contribution in [0.4, 0.5) is 0 Å². The predicted molar refractivity (Wildman–Crippen MR) is 72.2 cm³/mol. The van der Waals surface area contributed by atoms with Crippen molar-refractivity contribution in [3.8, 4) is 0 Å². The van der Waals surface area contributed by atoms with Gasteiger partial charge in [0.15, 0.2) is 0 Å². The number of piperidine rings is 1. The van der Waals surface area contributed by atoms with Crippen molar-refractivity contribution in [2.45, 2.75) is 51.5 Å².